The lowest BCUT2D eigenvalue weighted by Gasteiger charge is -2.10. The second-order valence-corrected chi connectivity index (χ2v) is 7.53. The number of halogens is 2. The second kappa shape index (κ2) is 7.01. The highest BCUT2D eigenvalue weighted by Crippen LogP contribution is 2.42. The summed E-state index contributed by atoms with van der Waals surface area (Å²) in [4.78, 5) is 12.6. The molecule has 0 aliphatic carbocycles. The number of aliphatic hydroxyl groups is 1. The monoisotopic (exact) mass is 415 g/mol. The minimum Gasteiger partial charge on any atom is -0.506 e. The van der Waals surface area contributed by atoms with Gasteiger partial charge in [-0.15, -0.1) is 0 Å². The van der Waals surface area contributed by atoms with Crippen LogP contribution in [0.4, 0.5) is 10.1 Å². The van der Waals surface area contributed by atoms with Crippen molar-refractivity contribution < 1.29 is 14.3 Å². The second-order valence-electron chi connectivity index (χ2n) is 7.13. The summed E-state index contributed by atoms with van der Waals surface area (Å²) in [5.74, 6) is -1.23. The summed E-state index contributed by atoms with van der Waals surface area (Å²) in [6, 6.07) is 23.0. The summed E-state index contributed by atoms with van der Waals surface area (Å²) in [5, 5.41) is 16.1. The number of hydrogen-bond acceptors (Lipinski definition) is 2. The van der Waals surface area contributed by atoms with Crippen molar-refractivity contribution in [3.8, 4) is 11.1 Å². The zero-order chi connectivity index (χ0) is 20.8. The van der Waals surface area contributed by atoms with E-state index in [2.05, 4.69) is 5.32 Å². The van der Waals surface area contributed by atoms with Gasteiger partial charge in [-0.2, -0.15) is 0 Å². The van der Waals surface area contributed by atoms with Crippen molar-refractivity contribution in [2.24, 2.45) is 0 Å². The highest BCUT2D eigenvalue weighted by Gasteiger charge is 2.30. The number of amides is 1. The van der Waals surface area contributed by atoms with Crippen LogP contribution in [0, 0.1) is 5.82 Å². The van der Waals surface area contributed by atoms with Crippen molar-refractivity contribution in [1.29, 1.82) is 0 Å². The molecule has 1 amide bonds. The van der Waals surface area contributed by atoms with Gasteiger partial charge in [0.2, 0.25) is 0 Å². The van der Waals surface area contributed by atoms with Crippen molar-refractivity contribution in [3.05, 3.63) is 101 Å². The summed E-state index contributed by atoms with van der Waals surface area (Å²) >= 11 is 6.53. The van der Waals surface area contributed by atoms with Gasteiger partial charge in [-0.1, -0.05) is 60.1 Å². The standard InChI is InChI=1S/C25H15ClFNO2/c26-21-13-22-20(12-19(21)16-9-8-14-4-1-2-5-15(14)10-16)23(25(30)28-22)24(29)17-6-3-7-18(27)11-17/h1-13,29H,(H,28,30). The average molecular weight is 416 g/mol. The Bertz CT molecular complexity index is 1380. The maximum Gasteiger partial charge on any atom is 0.260 e. The van der Waals surface area contributed by atoms with Crippen molar-refractivity contribution >= 4 is 45.3 Å². The zero-order valence-corrected chi connectivity index (χ0v) is 16.4. The molecule has 5 heteroatoms. The Hall–Kier alpha value is -3.63. The highest BCUT2D eigenvalue weighted by atomic mass is 35.5. The summed E-state index contributed by atoms with van der Waals surface area (Å²) in [5.41, 5.74) is 2.99. The van der Waals surface area contributed by atoms with Crippen LogP contribution >= 0.6 is 11.6 Å². The molecule has 5 rings (SSSR count). The number of benzene rings is 4. The van der Waals surface area contributed by atoms with Gasteiger partial charge in [0, 0.05) is 16.7 Å². The molecule has 1 heterocycles. The van der Waals surface area contributed by atoms with Crippen LogP contribution in [0.15, 0.2) is 78.9 Å². The SMILES string of the molecule is O=C1Nc2cc(Cl)c(-c3ccc4ccccc4c3)cc2C1=C(O)c1cccc(F)c1. The third-order valence-corrected chi connectivity index (χ3v) is 5.56. The molecule has 1 aliphatic heterocycles. The van der Waals surface area contributed by atoms with Gasteiger partial charge in [-0.05, 0) is 46.7 Å². The molecule has 30 heavy (non-hydrogen) atoms. The van der Waals surface area contributed by atoms with Crippen molar-refractivity contribution in [2.75, 3.05) is 5.32 Å². The topological polar surface area (TPSA) is 49.3 Å². The van der Waals surface area contributed by atoms with E-state index in [4.69, 9.17) is 11.6 Å². The van der Waals surface area contributed by atoms with Gasteiger partial charge in [0.05, 0.1) is 16.3 Å². The van der Waals surface area contributed by atoms with E-state index in [0.717, 1.165) is 21.9 Å². The number of aliphatic hydroxyl groups excluding tert-OH is 1. The molecule has 146 valence electrons. The predicted octanol–water partition coefficient (Wildman–Crippen LogP) is 6.68. The van der Waals surface area contributed by atoms with Crippen LogP contribution in [0.3, 0.4) is 0 Å². The maximum atomic E-state index is 13.6. The lowest BCUT2D eigenvalue weighted by molar-refractivity contribution is -0.110. The first kappa shape index (κ1) is 18.4. The number of anilines is 1. The molecule has 0 fully saturated rings. The van der Waals surface area contributed by atoms with Crippen molar-refractivity contribution in [1.82, 2.24) is 0 Å². The summed E-state index contributed by atoms with van der Waals surface area (Å²) in [6.45, 7) is 0. The molecule has 1 aliphatic rings. The molecular formula is C25H15ClFNO2. The molecule has 4 aromatic carbocycles. The smallest absolute Gasteiger partial charge is 0.260 e. The van der Waals surface area contributed by atoms with E-state index in [-0.39, 0.29) is 16.9 Å². The predicted molar refractivity (Wildman–Crippen MR) is 119 cm³/mol. The van der Waals surface area contributed by atoms with Gasteiger partial charge in [0.1, 0.15) is 11.6 Å². The highest BCUT2D eigenvalue weighted by molar-refractivity contribution is 6.38. The summed E-state index contributed by atoms with van der Waals surface area (Å²) < 4.78 is 13.6. The maximum absolute atomic E-state index is 13.6. The van der Waals surface area contributed by atoms with Gasteiger partial charge in [-0.3, -0.25) is 4.79 Å². The van der Waals surface area contributed by atoms with Crippen LogP contribution in [-0.2, 0) is 4.79 Å². The van der Waals surface area contributed by atoms with Gasteiger partial charge in [0.25, 0.3) is 5.91 Å². The molecule has 0 spiro atoms. The van der Waals surface area contributed by atoms with E-state index in [0.29, 0.717) is 16.3 Å². The number of carbonyl (C=O) groups is 1. The Kier molecular flexibility index (Phi) is 4.30. The molecule has 3 nitrogen and oxygen atoms in total. The van der Waals surface area contributed by atoms with E-state index < -0.39 is 11.7 Å². The number of fused-ring (bicyclic) bond motifs is 2. The van der Waals surface area contributed by atoms with Crippen LogP contribution in [0.1, 0.15) is 11.1 Å². The molecule has 0 aromatic heterocycles. The van der Waals surface area contributed by atoms with Gasteiger partial charge >= 0.3 is 0 Å². The van der Waals surface area contributed by atoms with Gasteiger partial charge in [0.15, 0.2) is 0 Å². The molecule has 0 unspecified atom stereocenters. The average Bonchev–Trinajstić information content (AvgIpc) is 3.06. The number of nitrogens with one attached hydrogen (secondary N) is 1. The van der Waals surface area contributed by atoms with E-state index in [9.17, 15) is 14.3 Å². The Labute approximate surface area is 177 Å². The lowest BCUT2D eigenvalue weighted by atomic mass is 9.96. The first-order chi connectivity index (χ1) is 14.5. The largest absolute Gasteiger partial charge is 0.506 e. The third kappa shape index (κ3) is 3.02. The van der Waals surface area contributed by atoms with Crippen LogP contribution in [0.2, 0.25) is 5.02 Å². The Morgan fingerprint density at radius 1 is 0.867 bits per heavy atom. The molecule has 0 saturated carbocycles. The molecule has 0 radical (unpaired) electrons. The fourth-order valence-electron chi connectivity index (χ4n) is 3.78. The van der Waals surface area contributed by atoms with Gasteiger partial charge < -0.3 is 10.4 Å². The first-order valence-electron chi connectivity index (χ1n) is 9.35. The Morgan fingerprint density at radius 2 is 1.67 bits per heavy atom. The molecule has 2 N–H and O–H groups in total. The molecule has 0 saturated heterocycles. The Balaban J connectivity index is 1.69. The minimum absolute atomic E-state index is 0.0919. The van der Waals surface area contributed by atoms with E-state index in [1.165, 1.54) is 18.2 Å². The normalized spacial score (nSPS) is 14.5. The zero-order valence-electron chi connectivity index (χ0n) is 15.6. The minimum atomic E-state index is -0.494. The third-order valence-electron chi connectivity index (χ3n) is 5.25. The lowest BCUT2D eigenvalue weighted by Crippen LogP contribution is -2.05. The van der Waals surface area contributed by atoms with Gasteiger partial charge in [-0.25, -0.2) is 4.39 Å². The van der Waals surface area contributed by atoms with E-state index >= 15 is 0 Å². The molecule has 0 atom stereocenters. The number of hydrogen-bond donors (Lipinski definition) is 2. The van der Waals surface area contributed by atoms with Crippen LogP contribution in [0.5, 0.6) is 0 Å². The quantitative estimate of drug-likeness (QED) is 0.283. The van der Waals surface area contributed by atoms with Crippen LogP contribution in [0.25, 0.3) is 33.2 Å². The Morgan fingerprint density at radius 3 is 2.47 bits per heavy atom. The fraction of sp³-hybridized carbons (Fsp3) is 0. The molecular weight excluding hydrogens is 401 g/mol. The van der Waals surface area contributed by atoms with E-state index in [1.807, 2.05) is 42.5 Å². The fourth-order valence-corrected chi connectivity index (χ4v) is 4.06. The summed E-state index contributed by atoms with van der Waals surface area (Å²) in [7, 11) is 0. The molecule has 0 bridgehead atoms. The molecule has 4 aromatic rings. The van der Waals surface area contributed by atoms with Crippen LogP contribution in [-0.4, -0.2) is 11.0 Å². The number of rotatable bonds is 2. The van der Waals surface area contributed by atoms with Crippen molar-refractivity contribution in [3.63, 3.8) is 0 Å². The summed E-state index contributed by atoms with van der Waals surface area (Å²) in [6.07, 6.45) is 0. The van der Waals surface area contributed by atoms with Crippen LogP contribution < -0.4 is 5.32 Å². The first-order valence-corrected chi connectivity index (χ1v) is 9.73. The number of carbonyl (C=O) groups excluding carboxylic acids is 1. The van der Waals surface area contributed by atoms with Crippen molar-refractivity contribution in [2.45, 2.75) is 0 Å². The van der Waals surface area contributed by atoms with E-state index in [1.54, 1.807) is 18.2 Å².